The summed E-state index contributed by atoms with van der Waals surface area (Å²) in [5, 5.41) is 10.2. The van der Waals surface area contributed by atoms with Gasteiger partial charge in [-0.2, -0.15) is 5.26 Å². The lowest BCUT2D eigenvalue weighted by Gasteiger charge is -2.43. The van der Waals surface area contributed by atoms with E-state index in [0.717, 1.165) is 33.8 Å². The highest BCUT2D eigenvalue weighted by Crippen LogP contribution is 2.54. The molecule has 2 aromatic rings. The quantitative estimate of drug-likeness (QED) is 0.369. The lowest BCUT2D eigenvalue weighted by molar-refractivity contribution is 0.0144. The van der Waals surface area contributed by atoms with E-state index in [-0.39, 0.29) is 18.3 Å². The molecule has 200 valence electrons. The number of piperazine rings is 1. The molecule has 2 atom stereocenters. The number of rotatable bonds is 3. The summed E-state index contributed by atoms with van der Waals surface area (Å²) in [7, 11) is 0. The zero-order valence-electron chi connectivity index (χ0n) is 22.7. The largest absolute Gasteiger partial charge is 0.444 e. The van der Waals surface area contributed by atoms with E-state index in [4.69, 9.17) is 14.7 Å². The van der Waals surface area contributed by atoms with Crippen LogP contribution in [-0.4, -0.2) is 58.5 Å². The highest BCUT2D eigenvalue weighted by molar-refractivity contribution is 7.98. The minimum absolute atomic E-state index is 0.0460. The zero-order chi connectivity index (χ0) is 27.2. The molecule has 1 aromatic carbocycles. The average molecular weight is 536 g/mol. The van der Waals surface area contributed by atoms with Crippen LogP contribution >= 0.6 is 11.8 Å². The SMILES string of the molecule is CSc1nc2c(c(N3CCN(C(=O)OC(C)(C)C)[C@@H](CC#N)C3)n1)CC[C@]1(C2)C(F)=C(C)c2ccccc21. The molecular weight excluding hydrogens is 501 g/mol. The van der Waals surface area contributed by atoms with Crippen LogP contribution in [0.5, 0.6) is 0 Å². The first-order valence-electron chi connectivity index (χ1n) is 13.1. The maximum absolute atomic E-state index is 15.9. The van der Waals surface area contributed by atoms with E-state index in [1.807, 2.05) is 52.1 Å². The molecule has 2 aliphatic carbocycles. The van der Waals surface area contributed by atoms with Gasteiger partial charge >= 0.3 is 6.09 Å². The summed E-state index contributed by atoms with van der Waals surface area (Å²) in [6.45, 7) is 8.87. The van der Waals surface area contributed by atoms with Gasteiger partial charge < -0.3 is 14.5 Å². The van der Waals surface area contributed by atoms with Gasteiger partial charge in [-0.15, -0.1) is 0 Å². The highest BCUT2D eigenvalue weighted by atomic mass is 32.2. The van der Waals surface area contributed by atoms with Crippen molar-refractivity contribution in [3.05, 3.63) is 52.5 Å². The lowest BCUT2D eigenvalue weighted by Crippen LogP contribution is -2.56. The van der Waals surface area contributed by atoms with E-state index >= 15 is 4.39 Å². The number of fused-ring (bicyclic) bond motifs is 3. The van der Waals surface area contributed by atoms with Crippen molar-refractivity contribution in [2.45, 2.75) is 75.6 Å². The molecule has 1 aliphatic heterocycles. The molecule has 38 heavy (non-hydrogen) atoms. The van der Waals surface area contributed by atoms with Gasteiger partial charge in [-0.3, -0.25) is 0 Å². The molecule has 0 N–H and O–H groups in total. The molecule has 3 aliphatic rings. The van der Waals surface area contributed by atoms with E-state index < -0.39 is 17.1 Å². The second-order valence-electron chi connectivity index (χ2n) is 11.3. The van der Waals surface area contributed by atoms with Crippen LogP contribution in [0.1, 0.15) is 62.9 Å². The van der Waals surface area contributed by atoms with Gasteiger partial charge in [0.15, 0.2) is 5.16 Å². The lowest BCUT2D eigenvalue weighted by atomic mass is 9.69. The van der Waals surface area contributed by atoms with Crippen LogP contribution in [0.3, 0.4) is 0 Å². The van der Waals surface area contributed by atoms with Gasteiger partial charge in [-0.1, -0.05) is 36.0 Å². The van der Waals surface area contributed by atoms with Crippen molar-refractivity contribution in [3.8, 4) is 6.07 Å². The number of hydrogen-bond acceptors (Lipinski definition) is 7. The Labute approximate surface area is 228 Å². The maximum Gasteiger partial charge on any atom is 0.410 e. The number of nitriles is 1. The second-order valence-corrected chi connectivity index (χ2v) is 12.1. The first kappa shape index (κ1) is 26.5. The van der Waals surface area contributed by atoms with Crippen LogP contribution in [0, 0.1) is 11.3 Å². The molecule has 0 bridgehead atoms. The monoisotopic (exact) mass is 535 g/mol. The normalized spacial score (nSPS) is 22.8. The molecule has 1 amide bonds. The molecule has 1 saturated heterocycles. The standard InChI is InChI=1S/C29H34FN5O2S/c1-18-20-8-6-7-9-22(20)29(24(18)30)12-10-21-23(16-29)32-26(38-5)33-25(21)34-14-15-35(19(17-34)11-13-31)27(36)37-28(2,3)4/h6-9,19H,10-12,14-17H2,1-5H3/t19-,29+/m0/s1. The Balaban J connectivity index is 1.48. The average Bonchev–Trinajstić information content (AvgIpc) is 3.09. The maximum atomic E-state index is 15.9. The molecular formula is C29H34FN5O2S. The van der Waals surface area contributed by atoms with E-state index in [1.165, 1.54) is 11.8 Å². The van der Waals surface area contributed by atoms with Crippen LogP contribution in [0.25, 0.3) is 5.57 Å². The number of thioether (sulfide) groups is 1. The summed E-state index contributed by atoms with van der Waals surface area (Å²) < 4.78 is 21.5. The Kier molecular flexibility index (Phi) is 6.89. The van der Waals surface area contributed by atoms with E-state index in [9.17, 15) is 10.1 Å². The van der Waals surface area contributed by atoms with Crippen LogP contribution in [-0.2, 0) is 23.0 Å². The predicted molar refractivity (Wildman–Crippen MR) is 147 cm³/mol. The van der Waals surface area contributed by atoms with Crippen molar-refractivity contribution < 1.29 is 13.9 Å². The van der Waals surface area contributed by atoms with Crippen molar-refractivity contribution in [1.82, 2.24) is 14.9 Å². The van der Waals surface area contributed by atoms with Gasteiger partial charge in [-0.25, -0.2) is 19.2 Å². The fourth-order valence-corrected chi connectivity index (χ4v) is 6.47. The van der Waals surface area contributed by atoms with Crippen molar-refractivity contribution in [2.75, 3.05) is 30.8 Å². The number of anilines is 1. The predicted octanol–water partition coefficient (Wildman–Crippen LogP) is 5.68. The van der Waals surface area contributed by atoms with Gasteiger partial charge in [0, 0.05) is 31.6 Å². The van der Waals surface area contributed by atoms with Gasteiger partial charge in [0.1, 0.15) is 17.2 Å². The number of amides is 1. The minimum Gasteiger partial charge on any atom is -0.444 e. The summed E-state index contributed by atoms with van der Waals surface area (Å²) >= 11 is 1.47. The molecule has 0 radical (unpaired) electrons. The Morgan fingerprint density at radius 3 is 2.76 bits per heavy atom. The fraction of sp³-hybridized carbons (Fsp3) is 0.517. The van der Waals surface area contributed by atoms with Gasteiger partial charge in [0.2, 0.25) is 0 Å². The third-order valence-corrected chi connectivity index (χ3v) is 8.38. The number of allylic oxidation sites excluding steroid dienone is 2. The number of aromatic nitrogens is 2. The van der Waals surface area contributed by atoms with E-state index in [2.05, 4.69) is 17.0 Å². The van der Waals surface area contributed by atoms with Crippen molar-refractivity contribution in [2.24, 2.45) is 0 Å². The Morgan fingerprint density at radius 2 is 2.05 bits per heavy atom. The number of carbonyl (C=O) groups excluding carboxylic acids is 1. The summed E-state index contributed by atoms with van der Waals surface area (Å²) in [6.07, 6.45) is 3.54. The molecule has 5 rings (SSSR count). The first-order valence-corrected chi connectivity index (χ1v) is 14.3. The number of hydrogen-bond donors (Lipinski definition) is 0. The summed E-state index contributed by atoms with van der Waals surface area (Å²) in [5.41, 5.74) is 3.40. The molecule has 1 spiro atoms. The van der Waals surface area contributed by atoms with Crippen molar-refractivity contribution >= 4 is 29.2 Å². The van der Waals surface area contributed by atoms with Gasteiger partial charge in [-0.05, 0) is 63.5 Å². The number of benzene rings is 1. The molecule has 0 saturated carbocycles. The number of carbonyl (C=O) groups is 1. The molecule has 7 nitrogen and oxygen atoms in total. The summed E-state index contributed by atoms with van der Waals surface area (Å²) in [6, 6.07) is 9.93. The Hall–Kier alpha value is -3.12. The van der Waals surface area contributed by atoms with Crippen LogP contribution in [0.4, 0.5) is 15.0 Å². The van der Waals surface area contributed by atoms with Gasteiger partial charge in [0.25, 0.3) is 0 Å². The first-order chi connectivity index (χ1) is 18.1. The fourth-order valence-electron chi connectivity index (χ4n) is 6.09. The van der Waals surface area contributed by atoms with Crippen LogP contribution in [0.15, 0.2) is 35.2 Å². The third kappa shape index (κ3) is 4.53. The molecule has 1 fully saturated rings. The highest BCUT2D eigenvalue weighted by Gasteiger charge is 2.48. The molecule has 1 aromatic heterocycles. The smallest absolute Gasteiger partial charge is 0.410 e. The summed E-state index contributed by atoms with van der Waals surface area (Å²) in [5.74, 6) is 0.795. The van der Waals surface area contributed by atoms with E-state index in [0.29, 0.717) is 44.1 Å². The van der Waals surface area contributed by atoms with Gasteiger partial charge in [0.05, 0.1) is 29.6 Å². The molecule has 0 unspecified atom stereocenters. The third-order valence-electron chi connectivity index (χ3n) is 7.84. The van der Waals surface area contributed by atoms with Crippen LogP contribution < -0.4 is 4.90 Å². The van der Waals surface area contributed by atoms with Crippen LogP contribution in [0.2, 0.25) is 0 Å². The molecule has 9 heteroatoms. The topological polar surface area (TPSA) is 82.4 Å². The Bertz CT molecular complexity index is 1350. The van der Waals surface area contributed by atoms with Crippen molar-refractivity contribution in [3.63, 3.8) is 0 Å². The number of halogens is 1. The van der Waals surface area contributed by atoms with E-state index in [1.54, 1.807) is 4.90 Å². The zero-order valence-corrected chi connectivity index (χ0v) is 23.5. The Morgan fingerprint density at radius 1 is 1.29 bits per heavy atom. The van der Waals surface area contributed by atoms with Crippen molar-refractivity contribution in [1.29, 1.82) is 5.26 Å². The number of ether oxygens (including phenoxy) is 1. The number of nitrogens with zero attached hydrogens (tertiary/aromatic N) is 5. The minimum atomic E-state index is -0.687. The second kappa shape index (κ2) is 9.88. The summed E-state index contributed by atoms with van der Waals surface area (Å²) in [4.78, 5) is 26.5. The molecule has 2 heterocycles.